The van der Waals surface area contributed by atoms with Gasteiger partial charge in [0, 0.05) is 6.08 Å². The number of nitrogens with one attached hydrogen (secondary N) is 1. The van der Waals surface area contributed by atoms with Crippen LogP contribution in [0.3, 0.4) is 0 Å². The fourth-order valence-electron chi connectivity index (χ4n) is 2.54. The van der Waals surface area contributed by atoms with Crippen molar-refractivity contribution in [3.63, 3.8) is 0 Å². The Bertz CT molecular complexity index is 821. The zero-order valence-electron chi connectivity index (χ0n) is 13.9. The number of hydrogen-bond acceptors (Lipinski definition) is 3. The van der Waals surface area contributed by atoms with Crippen LogP contribution in [0.5, 0.6) is 5.75 Å². The standard InChI is InChI=1S/C21H19NO3/c1-24-18-11-9-17(10-12-18)21(16-6-3-2-4-7-16)22-20(23)14-13-19-8-5-15-25-19/h2-15,21H,1H3,(H,22,23)/b14-13+/t21-/m0/s1. The van der Waals surface area contributed by atoms with Crippen LogP contribution in [0, 0.1) is 0 Å². The third-order valence-corrected chi connectivity index (χ3v) is 3.81. The second kappa shape index (κ2) is 8.02. The quantitative estimate of drug-likeness (QED) is 0.688. The summed E-state index contributed by atoms with van der Waals surface area (Å²) in [6.07, 6.45) is 4.69. The summed E-state index contributed by atoms with van der Waals surface area (Å²) in [6, 6.07) is 20.8. The average Bonchev–Trinajstić information content (AvgIpc) is 3.19. The van der Waals surface area contributed by atoms with E-state index in [9.17, 15) is 4.79 Å². The molecule has 1 aromatic heterocycles. The first-order valence-corrected chi connectivity index (χ1v) is 7.97. The van der Waals surface area contributed by atoms with Gasteiger partial charge < -0.3 is 14.5 Å². The summed E-state index contributed by atoms with van der Waals surface area (Å²) >= 11 is 0. The highest BCUT2D eigenvalue weighted by Gasteiger charge is 2.15. The summed E-state index contributed by atoms with van der Waals surface area (Å²) < 4.78 is 10.4. The Labute approximate surface area is 146 Å². The molecular formula is C21H19NO3. The van der Waals surface area contributed by atoms with Crippen LogP contribution in [0.25, 0.3) is 6.08 Å². The molecule has 0 aliphatic carbocycles. The number of benzene rings is 2. The van der Waals surface area contributed by atoms with Gasteiger partial charge >= 0.3 is 0 Å². The summed E-state index contributed by atoms with van der Waals surface area (Å²) in [4.78, 5) is 12.4. The van der Waals surface area contributed by atoms with Crippen LogP contribution in [0.15, 0.2) is 83.5 Å². The maximum atomic E-state index is 12.4. The van der Waals surface area contributed by atoms with E-state index in [0.717, 1.165) is 16.9 Å². The fraction of sp³-hybridized carbons (Fsp3) is 0.0952. The molecule has 0 saturated carbocycles. The second-order valence-electron chi connectivity index (χ2n) is 5.47. The maximum absolute atomic E-state index is 12.4. The molecule has 3 rings (SSSR count). The van der Waals surface area contributed by atoms with E-state index < -0.39 is 0 Å². The number of carbonyl (C=O) groups excluding carboxylic acids is 1. The molecule has 126 valence electrons. The van der Waals surface area contributed by atoms with Crippen molar-refractivity contribution >= 4 is 12.0 Å². The topological polar surface area (TPSA) is 51.5 Å². The Hall–Kier alpha value is -3.27. The number of methoxy groups -OCH3 is 1. The molecule has 25 heavy (non-hydrogen) atoms. The minimum absolute atomic E-state index is 0.193. The number of rotatable bonds is 6. The predicted octanol–water partition coefficient (Wildman–Crippen LogP) is 4.21. The summed E-state index contributed by atoms with van der Waals surface area (Å²) in [5, 5.41) is 3.04. The molecule has 0 unspecified atom stereocenters. The van der Waals surface area contributed by atoms with Crippen LogP contribution in [-0.4, -0.2) is 13.0 Å². The molecule has 2 aromatic carbocycles. The molecule has 1 atom stereocenters. The highest BCUT2D eigenvalue weighted by atomic mass is 16.5. The molecule has 3 aromatic rings. The van der Waals surface area contributed by atoms with Crippen LogP contribution >= 0.6 is 0 Å². The first-order valence-electron chi connectivity index (χ1n) is 7.97. The van der Waals surface area contributed by atoms with Crippen molar-refractivity contribution in [2.24, 2.45) is 0 Å². The first kappa shape index (κ1) is 16.6. The Morgan fingerprint density at radius 3 is 2.36 bits per heavy atom. The molecule has 4 nitrogen and oxygen atoms in total. The van der Waals surface area contributed by atoms with Gasteiger partial charge in [-0.05, 0) is 41.5 Å². The van der Waals surface area contributed by atoms with Gasteiger partial charge in [-0.1, -0.05) is 42.5 Å². The average molecular weight is 333 g/mol. The number of ether oxygens (including phenoxy) is 1. The third-order valence-electron chi connectivity index (χ3n) is 3.81. The van der Waals surface area contributed by atoms with Crippen molar-refractivity contribution in [1.29, 1.82) is 0 Å². The molecule has 0 fully saturated rings. The van der Waals surface area contributed by atoms with Gasteiger partial charge in [0.25, 0.3) is 0 Å². The van der Waals surface area contributed by atoms with Crippen molar-refractivity contribution < 1.29 is 13.9 Å². The largest absolute Gasteiger partial charge is 0.497 e. The lowest BCUT2D eigenvalue weighted by Gasteiger charge is -2.19. The summed E-state index contributed by atoms with van der Waals surface area (Å²) in [6.45, 7) is 0. The monoisotopic (exact) mass is 333 g/mol. The van der Waals surface area contributed by atoms with E-state index in [1.54, 1.807) is 31.6 Å². The zero-order valence-corrected chi connectivity index (χ0v) is 13.9. The van der Waals surface area contributed by atoms with Gasteiger partial charge in [-0.3, -0.25) is 4.79 Å². The van der Waals surface area contributed by atoms with Crippen LogP contribution in [0.4, 0.5) is 0 Å². The molecule has 0 aliphatic rings. The lowest BCUT2D eigenvalue weighted by Crippen LogP contribution is -2.27. The van der Waals surface area contributed by atoms with Crippen LogP contribution < -0.4 is 10.1 Å². The van der Waals surface area contributed by atoms with Gasteiger partial charge in [-0.15, -0.1) is 0 Å². The smallest absolute Gasteiger partial charge is 0.244 e. The Morgan fingerprint density at radius 1 is 1.00 bits per heavy atom. The Morgan fingerprint density at radius 2 is 1.72 bits per heavy atom. The van der Waals surface area contributed by atoms with Crippen LogP contribution in [-0.2, 0) is 4.79 Å². The number of amides is 1. The highest BCUT2D eigenvalue weighted by molar-refractivity contribution is 5.91. The number of hydrogen-bond donors (Lipinski definition) is 1. The van der Waals surface area contributed by atoms with E-state index in [-0.39, 0.29) is 11.9 Å². The van der Waals surface area contributed by atoms with E-state index >= 15 is 0 Å². The maximum Gasteiger partial charge on any atom is 0.244 e. The van der Waals surface area contributed by atoms with Crippen LogP contribution in [0.1, 0.15) is 22.9 Å². The van der Waals surface area contributed by atoms with E-state index in [4.69, 9.17) is 9.15 Å². The first-order chi connectivity index (χ1) is 12.3. The SMILES string of the molecule is COc1ccc([C@@H](NC(=O)/C=C/c2ccco2)c2ccccc2)cc1. The molecule has 0 bridgehead atoms. The van der Waals surface area contributed by atoms with E-state index in [1.807, 2.05) is 54.6 Å². The third kappa shape index (κ3) is 4.38. The summed E-state index contributed by atoms with van der Waals surface area (Å²) in [5.74, 6) is 1.22. The van der Waals surface area contributed by atoms with Crippen molar-refractivity contribution in [1.82, 2.24) is 5.32 Å². The van der Waals surface area contributed by atoms with Crippen molar-refractivity contribution in [2.45, 2.75) is 6.04 Å². The predicted molar refractivity (Wildman–Crippen MR) is 97.2 cm³/mol. The van der Waals surface area contributed by atoms with Gasteiger partial charge in [-0.25, -0.2) is 0 Å². The van der Waals surface area contributed by atoms with Gasteiger partial charge in [0.2, 0.25) is 5.91 Å². The van der Waals surface area contributed by atoms with Crippen LogP contribution in [0.2, 0.25) is 0 Å². The number of furan rings is 1. The molecule has 0 spiro atoms. The molecule has 1 heterocycles. The molecule has 1 amide bonds. The Kier molecular flexibility index (Phi) is 5.32. The van der Waals surface area contributed by atoms with Gasteiger partial charge in [0.1, 0.15) is 11.5 Å². The molecule has 0 saturated heterocycles. The molecule has 1 N–H and O–H groups in total. The van der Waals surface area contributed by atoms with E-state index in [2.05, 4.69) is 5.32 Å². The fourth-order valence-corrected chi connectivity index (χ4v) is 2.54. The summed E-state index contributed by atoms with van der Waals surface area (Å²) in [5.41, 5.74) is 1.99. The minimum Gasteiger partial charge on any atom is -0.497 e. The van der Waals surface area contributed by atoms with Crippen molar-refractivity contribution in [3.05, 3.63) is 96.0 Å². The van der Waals surface area contributed by atoms with Gasteiger partial charge in [0.15, 0.2) is 0 Å². The van der Waals surface area contributed by atoms with E-state index in [0.29, 0.717) is 5.76 Å². The van der Waals surface area contributed by atoms with Crippen molar-refractivity contribution in [3.8, 4) is 5.75 Å². The highest BCUT2D eigenvalue weighted by Crippen LogP contribution is 2.24. The zero-order chi connectivity index (χ0) is 17.5. The molecule has 0 radical (unpaired) electrons. The second-order valence-corrected chi connectivity index (χ2v) is 5.47. The lowest BCUT2D eigenvalue weighted by molar-refractivity contribution is -0.116. The Balaban J connectivity index is 1.82. The van der Waals surface area contributed by atoms with E-state index in [1.165, 1.54) is 6.08 Å². The normalized spacial score (nSPS) is 12.0. The minimum atomic E-state index is -0.249. The summed E-state index contributed by atoms with van der Waals surface area (Å²) in [7, 11) is 1.63. The van der Waals surface area contributed by atoms with Crippen molar-refractivity contribution in [2.75, 3.05) is 7.11 Å². The molecule has 0 aliphatic heterocycles. The molecular weight excluding hydrogens is 314 g/mol. The van der Waals surface area contributed by atoms with Gasteiger partial charge in [-0.2, -0.15) is 0 Å². The number of carbonyl (C=O) groups is 1. The van der Waals surface area contributed by atoms with Gasteiger partial charge in [0.05, 0.1) is 19.4 Å². The lowest BCUT2D eigenvalue weighted by atomic mass is 9.98. The molecule has 4 heteroatoms.